The van der Waals surface area contributed by atoms with E-state index in [1.165, 1.54) is 12.8 Å². The zero-order valence-corrected chi connectivity index (χ0v) is 15.1. The lowest BCUT2D eigenvalue weighted by Gasteiger charge is -2.36. The van der Waals surface area contributed by atoms with Crippen LogP contribution < -0.4 is 5.32 Å². The van der Waals surface area contributed by atoms with Crippen LogP contribution in [0.5, 0.6) is 0 Å². The first-order valence-corrected chi connectivity index (χ1v) is 9.29. The number of urea groups is 1. The van der Waals surface area contributed by atoms with Gasteiger partial charge in [0.25, 0.3) is 0 Å². The third-order valence-electron chi connectivity index (χ3n) is 5.56. The molecule has 0 radical (unpaired) electrons. The zero-order valence-electron chi connectivity index (χ0n) is 15.1. The Balaban J connectivity index is 1.87. The number of rotatable bonds is 7. The van der Waals surface area contributed by atoms with Crippen LogP contribution in [0.4, 0.5) is 4.79 Å². The van der Waals surface area contributed by atoms with E-state index in [0.717, 1.165) is 32.5 Å². The van der Waals surface area contributed by atoms with E-state index in [0.29, 0.717) is 26.1 Å². The summed E-state index contributed by atoms with van der Waals surface area (Å²) in [4.78, 5) is 25.5. The second kappa shape index (κ2) is 8.70. The van der Waals surface area contributed by atoms with E-state index >= 15 is 0 Å². The summed E-state index contributed by atoms with van der Waals surface area (Å²) in [6.07, 6.45) is 6.32. The fraction of sp³-hybridized carbons (Fsp3) is 0.889. The van der Waals surface area contributed by atoms with Crippen molar-refractivity contribution in [1.82, 2.24) is 10.2 Å². The van der Waals surface area contributed by atoms with Gasteiger partial charge in [-0.1, -0.05) is 19.8 Å². The number of aliphatic carboxylic acids is 1. The molecule has 0 spiro atoms. The van der Waals surface area contributed by atoms with Crippen LogP contribution in [0.3, 0.4) is 0 Å². The number of likely N-dealkylation sites (tertiary alicyclic amines) is 1. The molecule has 0 aromatic rings. The Bertz CT molecular complexity index is 435. The Hall–Kier alpha value is -1.30. The highest BCUT2D eigenvalue weighted by molar-refractivity contribution is 5.76. The number of carbonyl (C=O) groups is 2. The van der Waals surface area contributed by atoms with Gasteiger partial charge in [0.05, 0.1) is 5.92 Å². The number of amides is 2. The fourth-order valence-electron chi connectivity index (χ4n) is 4.14. The van der Waals surface area contributed by atoms with Crippen molar-refractivity contribution in [3.05, 3.63) is 0 Å². The van der Waals surface area contributed by atoms with Crippen LogP contribution in [0.25, 0.3) is 0 Å². The normalized spacial score (nSPS) is 26.3. The minimum Gasteiger partial charge on any atom is -0.481 e. The van der Waals surface area contributed by atoms with Crippen LogP contribution in [-0.4, -0.2) is 54.9 Å². The van der Waals surface area contributed by atoms with Crippen LogP contribution in [0.15, 0.2) is 0 Å². The minimum absolute atomic E-state index is 0.115. The summed E-state index contributed by atoms with van der Waals surface area (Å²) >= 11 is 0. The largest absolute Gasteiger partial charge is 0.481 e. The molecule has 0 aromatic heterocycles. The summed E-state index contributed by atoms with van der Waals surface area (Å²) in [5.74, 6) is -1.02. The highest BCUT2D eigenvalue weighted by Crippen LogP contribution is 2.40. The molecule has 2 unspecified atom stereocenters. The number of carboxylic acid groups (broad SMARTS) is 1. The predicted octanol–water partition coefficient (Wildman–Crippen LogP) is 2.73. The van der Waals surface area contributed by atoms with Crippen LogP contribution in [-0.2, 0) is 9.53 Å². The van der Waals surface area contributed by atoms with Gasteiger partial charge in [0.15, 0.2) is 0 Å². The van der Waals surface area contributed by atoms with Crippen molar-refractivity contribution >= 4 is 12.0 Å². The van der Waals surface area contributed by atoms with E-state index < -0.39 is 11.9 Å². The monoisotopic (exact) mass is 340 g/mol. The Morgan fingerprint density at radius 1 is 1.29 bits per heavy atom. The summed E-state index contributed by atoms with van der Waals surface area (Å²) in [7, 11) is 0. The molecule has 2 fully saturated rings. The first-order valence-electron chi connectivity index (χ1n) is 9.29. The van der Waals surface area contributed by atoms with E-state index in [9.17, 15) is 14.7 Å². The van der Waals surface area contributed by atoms with E-state index in [1.807, 2.05) is 13.8 Å². The average molecular weight is 340 g/mol. The second-order valence-electron chi connectivity index (χ2n) is 7.59. The predicted molar refractivity (Wildman–Crippen MR) is 91.9 cm³/mol. The molecule has 1 aliphatic heterocycles. The molecule has 6 nitrogen and oxygen atoms in total. The third kappa shape index (κ3) is 5.10. The highest BCUT2D eigenvalue weighted by Gasteiger charge is 2.36. The van der Waals surface area contributed by atoms with Gasteiger partial charge in [-0.25, -0.2) is 4.79 Å². The van der Waals surface area contributed by atoms with Crippen LogP contribution >= 0.6 is 0 Å². The van der Waals surface area contributed by atoms with Crippen molar-refractivity contribution in [3.8, 4) is 0 Å². The lowest BCUT2D eigenvalue weighted by Crippen LogP contribution is -2.51. The minimum atomic E-state index is -0.802. The number of piperidine rings is 1. The molecule has 1 saturated heterocycles. The van der Waals surface area contributed by atoms with Gasteiger partial charge in [-0.15, -0.1) is 0 Å². The summed E-state index contributed by atoms with van der Waals surface area (Å²) < 4.78 is 5.51. The third-order valence-corrected chi connectivity index (χ3v) is 5.56. The van der Waals surface area contributed by atoms with Gasteiger partial charge in [0.2, 0.25) is 0 Å². The SMILES string of the molecule is CCOCCC1(CNC(=O)N2CC(C)CC(C(=O)O)C2)CCCC1. The topological polar surface area (TPSA) is 78.9 Å². The molecule has 0 aromatic carbocycles. The van der Waals surface area contributed by atoms with Crippen molar-refractivity contribution < 1.29 is 19.4 Å². The summed E-state index contributed by atoms with van der Waals surface area (Å²) in [5, 5.41) is 12.3. The molecule has 1 aliphatic carbocycles. The Kier molecular flexibility index (Phi) is 6.90. The van der Waals surface area contributed by atoms with E-state index in [2.05, 4.69) is 5.32 Å². The molecule has 138 valence electrons. The summed E-state index contributed by atoms with van der Waals surface area (Å²) in [6.45, 7) is 7.11. The van der Waals surface area contributed by atoms with E-state index in [1.54, 1.807) is 4.90 Å². The van der Waals surface area contributed by atoms with Crippen LogP contribution in [0.1, 0.15) is 52.4 Å². The van der Waals surface area contributed by atoms with Crippen molar-refractivity contribution in [1.29, 1.82) is 0 Å². The number of hydrogen-bond acceptors (Lipinski definition) is 3. The first kappa shape index (κ1) is 19.0. The molecule has 2 rings (SSSR count). The maximum Gasteiger partial charge on any atom is 0.317 e. The molecule has 2 amide bonds. The Morgan fingerprint density at radius 2 is 2.00 bits per heavy atom. The van der Waals surface area contributed by atoms with Gasteiger partial charge < -0.3 is 20.1 Å². The smallest absolute Gasteiger partial charge is 0.317 e. The summed E-state index contributed by atoms with van der Waals surface area (Å²) in [5.41, 5.74) is 0.151. The van der Waals surface area contributed by atoms with Gasteiger partial charge in [0.1, 0.15) is 0 Å². The number of nitrogens with one attached hydrogen (secondary N) is 1. The van der Waals surface area contributed by atoms with Gasteiger partial charge in [-0.3, -0.25) is 4.79 Å². The second-order valence-corrected chi connectivity index (χ2v) is 7.59. The lowest BCUT2D eigenvalue weighted by atomic mass is 9.83. The number of carboxylic acids is 1. The molecule has 2 N–H and O–H groups in total. The van der Waals surface area contributed by atoms with Crippen molar-refractivity contribution in [2.24, 2.45) is 17.3 Å². The molecule has 24 heavy (non-hydrogen) atoms. The number of nitrogens with zero attached hydrogens (tertiary/aromatic N) is 1. The van der Waals surface area contributed by atoms with E-state index in [-0.39, 0.29) is 17.4 Å². The first-order chi connectivity index (χ1) is 11.5. The highest BCUT2D eigenvalue weighted by atomic mass is 16.5. The molecule has 1 heterocycles. The number of ether oxygens (including phenoxy) is 1. The van der Waals surface area contributed by atoms with E-state index in [4.69, 9.17) is 4.74 Å². The molecule has 2 atom stereocenters. The Labute approximate surface area is 144 Å². The zero-order chi connectivity index (χ0) is 17.6. The molecule has 0 bridgehead atoms. The Morgan fingerprint density at radius 3 is 2.62 bits per heavy atom. The van der Waals surface area contributed by atoms with Crippen LogP contribution in [0.2, 0.25) is 0 Å². The van der Waals surface area contributed by atoms with Crippen molar-refractivity contribution in [2.45, 2.75) is 52.4 Å². The van der Waals surface area contributed by atoms with Crippen molar-refractivity contribution in [2.75, 3.05) is 32.8 Å². The lowest BCUT2D eigenvalue weighted by molar-refractivity contribution is -0.143. The quantitative estimate of drug-likeness (QED) is 0.699. The maximum absolute atomic E-state index is 12.5. The van der Waals surface area contributed by atoms with Crippen molar-refractivity contribution in [3.63, 3.8) is 0 Å². The number of hydrogen-bond donors (Lipinski definition) is 2. The standard InChI is InChI=1S/C18H32N2O4/c1-3-24-9-8-18(6-4-5-7-18)13-19-17(23)20-11-14(2)10-15(12-20)16(21)22/h14-15H,3-13H2,1-2H3,(H,19,23)(H,21,22). The van der Waals surface area contributed by atoms with Gasteiger partial charge >= 0.3 is 12.0 Å². The average Bonchev–Trinajstić information content (AvgIpc) is 3.01. The molecular weight excluding hydrogens is 308 g/mol. The van der Waals surface area contributed by atoms with Gasteiger partial charge in [-0.2, -0.15) is 0 Å². The molecular formula is C18H32N2O4. The fourth-order valence-corrected chi connectivity index (χ4v) is 4.14. The molecule has 6 heteroatoms. The molecule has 1 saturated carbocycles. The molecule has 2 aliphatic rings. The number of carbonyl (C=O) groups excluding carboxylic acids is 1. The van der Waals surface area contributed by atoms with Crippen LogP contribution in [0, 0.1) is 17.3 Å². The van der Waals surface area contributed by atoms with Gasteiger partial charge in [-0.05, 0) is 43.9 Å². The maximum atomic E-state index is 12.5. The summed E-state index contributed by atoms with van der Waals surface area (Å²) in [6, 6.07) is -0.115. The van der Waals surface area contributed by atoms with Gasteiger partial charge in [0, 0.05) is 32.8 Å².